The molecule has 250 valence electrons. The molecule has 0 saturated carbocycles. The number of fused-ring (bicyclic) bond motifs is 3. The lowest BCUT2D eigenvalue weighted by molar-refractivity contribution is 1.28. The van der Waals surface area contributed by atoms with Gasteiger partial charge in [-0.05, 0) is 123 Å². The number of aromatic nitrogens is 1. The zero-order valence-corrected chi connectivity index (χ0v) is 30.3. The minimum atomic E-state index is 1.02. The van der Waals surface area contributed by atoms with Crippen molar-refractivity contribution in [3.05, 3.63) is 194 Å². The first-order chi connectivity index (χ1) is 26.2. The first kappa shape index (κ1) is 31.4. The summed E-state index contributed by atoms with van der Waals surface area (Å²) >= 11 is 3.68. The Bertz CT molecular complexity index is 2680. The monoisotopic (exact) mass is 712 g/mol. The maximum Gasteiger partial charge on any atom is 0.0702 e. The van der Waals surface area contributed by atoms with Gasteiger partial charge in [-0.25, -0.2) is 0 Å². The molecule has 10 aromatic rings. The molecular formula is C49H32N2S2. The highest BCUT2D eigenvalue weighted by Crippen LogP contribution is 2.41. The van der Waals surface area contributed by atoms with Crippen molar-refractivity contribution in [2.75, 3.05) is 4.90 Å². The van der Waals surface area contributed by atoms with Gasteiger partial charge in [0.25, 0.3) is 0 Å². The first-order valence-corrected chi connectivity index (χ1v) is 19.4. The molecule has 4 heteroatoms. The lowest BCUT2D eigenvalue weighted by atomic mass is 9.99. The molecule has 7 aromatic carbocycles. The van der Waals surface area contributed by atoms with Crippen LogP contribution in [0.25, 0.3) is 74.2 Å². The summed E-state index contributed by atoms with van der Waals surface area (Å²) in [6.07, 6.45) is 1.84. The molecule has 0 aliphatic carbocycles. The molecule has 0 fully saturated rings. The van der Waals surface area contributed by atoms with E-state index in [2.05, 4.69) is 192 Å². The van der Waals surface area contributed by atoms with Gasteiger partial charge in [0, 0.05) is 47.8 Å². The van der Waals surface area contributed by atoms with E-state index in [0.717, 1.165) is 28.0 Å². The van der Waals surface area contributed by atoms with Crippen LogP contribution in [0.1, 0.15) is 0 Å². The van der Waals surface area contributed by atoms with Gasteiger partial charge in [-0.2, -0.15) is 0 Å². The van der Waals surface area contributed by atoms with Crippen molar-refractivity contribution in [1.82, 2.24) is 4.98 Å². The summed E-state index contributed by atoms with van der Waals surface area (Å²) in [6, 6.07) is 68.1. The van der Waals surface area contributed by atoms with E-state index in [-0.39, 0.29) is 0 Å². The Balaban J connectivity index is 0.975. The fraction of sp³-hybridized carbons (Fsp3) is 0. The van der Waals surface area contributed by atoms with Crippen LogP contribution in [0.5, 0.6) is 0 Å². The van der Waals surface area contributed by atoms with Gasteiger partial charge in [0.2, 0.25) is 0 Å². The van der Waals surface area contributed by atoms with Gasteiger partial charge >= 0.3 is 0 Å². The number of rotatable bonds is 7. The molecule has 0 N–H and O–H groups in total. The topological polar surface area (TPSA) is 16.1 Å². The Hall–Kier alpha value is -6.33. The lowest BCUT2D eigenvalue weighted by Crippen LogP contribution is -2.09. The fourth-order valence-electron chi connectivity index (χ4n) is 7.16. The minimum Gasteiger partial charge on any atom is -0.311 e. The highest BCUT2D eigenvalue weighted by atomic mass is 32.1. The van der Waals surface area contributed by atoms with E-state index >= 15 is 0 Å². The summed E-state index contributed by atoms with van der Waals surface area (Å²) in [4.78, 5) is 9.39. The van der Waals surface area contributed by atoms with Gasteiger partial charge in [-0.3, -0.25) is 4.98 Å². The average molecular weight is 713 g/mol. The second kappa shape index (κ2) is 13.3. The van der Waals surface area contributed by atoms with E-state index in [1.807, 2.05) is 34.9 Å². The van der Waals surface area contributed by atoms with Crippen molar-refractivity contribution in [1.29, 1.82) is 0 Å². The Morgan fingerprint density at radius 3 is 1.26 bits per heavy atom. The van der Waals surface area contributed by atoms with Crippen LogP contribution in [0, 0.1) is 0 Å². The van der Waals surface area contributed by atoms with Crippen LogP contribution in [0.2, 0.25) is 0 Å². The fourth-order valence-corrected chi connectivity index (χ4v) is 9.29. The van der Waals surface area contributed by atoms with E-state index in [0.29, 0.717) is 0 Å². The summed E-state index contributed by atoms with van der Waals surface area (Å²) in [5.74, 6) is 0. The summed E-state index contributed by atoms with van der Waals surface area (Å²) in [7, 11) is 0. The number of pyridine rings is 1. The number of hydrogen-bond acceptors (Lipinski definition) is 4. The van der Waals surface area contributed by atoms with Crippen LogP contribution in [0.15, 0.2) is 194 Å². The number of thiophene rings is 2. The zero-order valence-electron chi connectivity index (χ0n) is 28.7. The third-order valence-corrected chi connectivity index (χ3v) is 12.3. The third-order valence-electron chi connectivity index (χ3n) is 9.95. The number of anilines is 3. The van der Waals surface area contributed by atoms with Crippen LogP contribution in [-0.2, 0) is 0 Å². The van der Waals surface area contributed by atoms with Crippen LogP contribution >= 0.6 is 22.7 Å². The van der Waals surface area contributed by atoms with Crippen LogP contribution in [0.4, 0.5) is 17.1 Å². The van der Waals surface area contributed by atoms with Crippen molar-refractivity contribution < 1.29 is 0 Å². The largest absolute Gasteiger partial charge is 0.311 e. The SMILES string of the molecule is c1cnc2ccc(-c3ccc(-c4ccc(N(c5ccc(-c6cc7ccccc7s6)cc5)c5ccc(-c6cc7ccccc7s6)cc5)cc4)cc3)cc2c1. The molecule has 0 amide bonds. The van der Waals surface area contributed by atoms with Gasteiger partial charge in [0.05, 0.1) is 5.52 Å². The molecule has 0 spiro atoms. The Kier molecular flexibility index (Phi) is 7.90. The number of benzene rings is 7. The standard InChI is InChI=1S/C49H32N2S2/c1-3-9-46-40(6-1)31-48(52-46)36-17-24-43(25-18-36)51(44-26-19-37(20-27-44)49-32-41-7-2-4-10-47(41)53-49)42-22-15-34(16-23-42)33-11-13-35(14-12-33)38-21-28-45-39(30-38)8-5-29-50-45/h1-32H. The Labute approximate surface area is 316 Å². The highest BCUT2D eigenvalue weighted by molar-refractivity contribution is 7.22. The molecule has 0 aliphatic rings. The van der Waals surface area contributed by atoms with Gasteiger partial charge < -0.3 is 4.90 Å². The molecule has 0 radical (unpaired) electrons. The number of nitrogens with zero attached hydrogens (tertiary/aromatic N) is 2. The Morgan fingerprint density at radius 1 is 0.340 bits per heavy atom. The third kappa shape index (κ3) is 6.08. The molecular weight excluding hydrogens is 681 g/mol. The van der Waals surface area contributed by atoms with Crippen molar-refractivity contribution in [2.45, 2.75) is 0 Å². The molecule has 10 rings (SSSR count). The second-order valence-electron chi connectivity index (χ2n) is 13.3. The Morgan fingerprint density at radius 2 is 0.755 bits per heavy atom. The maximum absolute atomic E-state index is 4.47. The van der Waals surface area contributed by atoms with Gasteiger partial charge in [0.15, 0.2) is 0 Å². The summed E-state index contributed by atoms with van der Waals surface area (Å²) in [5, 5.41) is 3.73. The molecule has 53 heavy (non-hydrogen) atoms. The highest BCUT2D eigenvalue weighted by Gasteiger charge is 2.15. The van der Waals surface area contributed by atoms with Gasteiger partial charge in [-0.15, -0.1) is 22.7 Å². The van der Waals surface area contributed by atoms with Gasteiger partial charge in [-0.1, -0.05) is 109 Å². The van der Waals surface area contributed by atoms with Gasteiger partial charge in [0.1, 0.15) is 0 Å². The molecule has 3 aromatic heterocycles. The molecule has 0 aliphatic heterocycles. The van der Waals surface area contributed by atoms with Crippen LogP contribution < -0.4 is 4.90 Å². The second-order valence-corrected chi connectivity index (χ2v) is 15.4. The minimum absolute atomic E-state index is 1.02. The molecule has 0 atom stereocenters. The molecule has 0 bridgehead atoms. The van der Waals surface area contributed by atoms with Crippen molar-refractivity contribution >= 4 is 70.8 Å². The molecule has 0 unspecified atom stereocenters. The van der Waals surface area contributed by atoms with Crippen molar-refractivity contribution in [2.24, 2.45) is 0 Å². The quantitative estimate of drug-likeness (QED) is 0.164. The predicted molar refractivity (Wildman–Crippen MR) is 229 cm³/mol. The molecule has 2 nitrogen and oxygen atoms in total. The molecule has 3 heterocycles. The van der Waals surface area contributed by atoms with Crippen molar-refractivity contribution in [3.63, 3.8) is 0 Å². The van der Waals surface area contributed by atoms with E-state index < -0.39 is 0 Å². The van der Waals surface area contributed by atoms with E-state index in [1.54, 1.807) is 0 Å². The smallest absolute Gasteiger partial charge is 0.0702 e. The average Bonchev–Trinajstić information content (AvgIpc) is 3.87. The van der Waals surface area contributed by atoms with E-state index in [1.165, 1.54) is 63.3 Å². The predicted octanol–water partition coefficient (Wildman–Crippen LogP) is 14.8. The van der Waals surface area contributed by atoms with Crippen LogP contribution in [-0.4, -0.2) is 4.98 Å². The van der Waals surface area contributed by atoms with E-state index in [9.17, 15) is 0 Å². The summed E-state index contributed by atoms with van der Waals surface area (Å²) in [5.41, 5.74) is 11.6. The normalized spacial score (nSPS) is 11.4. The van der Waals surface area contributed by atoms with E-state index in [4.69, 9.17) is 0 Å². The zero-order chi connectivity index (χ0) is 35.1. The first-order valence-electron chi connectivity index (χ1n) is 17.8. The maximum atomic E-state index is 4.47. The van der Waals surface area contributed by atoms with Crippen LogP contribution in [0.3, 0.4) is 0 Å². The number of hydrogen-bond donors (Lipinski definition) is 0. The summed E-state index contributed by atoms with van der Waals surface area (Å²) in [6.45, 7) is 0. The van der Waals surface area contributed by atoms with Crippen molar-refractivity contribution in [3.8, 4) is 43.1 Å². The molecule has 0 saturated heterocycles. The summed E-state index contributed by atoms with van der Waals surface area (Å²) < 4.78 is 2.63. The lowest BCUT2D eigenvalue weighted by Gasteiger charge is -2.26.